The Morgan fingerprint density at radius 3 is 2.87 bits per heavy atom. The van der Waals surface area contributed by atoms with Gasteiger partial charge in [0.25, 0.3) is 0 Å². The van der Waals surface area contributed by atoms with Crippen molar-refractivity contribution < 1.29 is 13.9 Å². The van der Waals surface area contributed by atoms with Gasteiger partial charge in [-0.05, 0) is 68.0 Å². The van der Waals surface area contributed by atoms with E-state index in [1.54, 1.807) is 18.0 Å². The topological polar surface area (TPSA) is 67.6 Å². The first-order valence-corrected chi connectivity index (χ1v) is 10.8. The van der Waals surface area contributed by atoms with Crippen molar-refractivity contribution in [2.45, 2.75) is 25.9 Å². The molecule has 2 atom stereocenters. The zero-order chi connectivity index (χ0) is 22.0. The first-order valence-electron chi connectivity index (χ1n) is 9.98. The first-order chi connectivity index (χ1) is 15.0. The van der Waals surface area contributed by atoms with Gasteiger partial charge in [-0.1, -0.05) is 23.7 Å². The van der Waals surface area contributed by atoms with Crippen LogP contribution in [0.15, 0.2) is 59.1 Å². The van der Waals surface area contributed by atoms with E-state index in [1.807, 2.05) is 55.5 Å². The molecule has 6 nitrogen and oxygen atoms in total. The van der Waals surface area contributed by atoms with Gasteiger partial charge in [-0.15, -0.1) is 0 Å². The molecule has 4 rings (SSSR count). The predicted molar refractivity (Wildman–Crippen MR) is 123 cm³/mol. The third-order valence-corrected chi connectivity index (χ3v) is 5.77. The van der Waals surface area contributed by atoms with Crippen molar-refractivity contribution in [2.75, 3.05) is 13.2 Å². The van der Waals surface area contributed by atoms with Crippen LogP contribution < -0.4 is 5.32 Å². The van der Waals surface area contributed by atoms with Crippen molar-refractivity contribution >= 4 is 34.9 Å². The third kappa shape index (κ3) is 4.43. The number of thiocarbonyl (C=S) groups is 1. The summed E-state index contributed by atoms with van der Waals surface area (Å²) < 4.78 is 11.4. The molecule has 0 unspecified atom stereocenters. The van der Waals surface area contributed by atoms with Gasteiger partial charge in [0.15, 0.2) is 5.11 Å². The number of hydrogen-bond acceptors (Lipinski definition) is 5. The zero-order valence-electron chi connectivity index (χ0n) is 17.2. The van der Waals surface area contributed by atoms with Crippen molar-refractivity contribution in [2.24, 2.45) is 0 Å². The van der Waals surface area contributed by atoms with Gasteiger partial charge in [-0.2, -0.15) is 0 Å². The molecule has 0 bridgehead atoms. The summed E-state index contributed by atoms with van der Waals surface area (Å²) in [6.45, 7) is 4.10. The van der Waals surface area contributed by atoms with Gasteiger partial charge < -0.3 is 19.4 Å². The SMILES string of the molecule is CCOC(=O)CN1C(=S)N[C@H](c2ccccn2)[C@@H]1c1ccc(-c2cc(Cl)ccc2C)o1. The molecule has 0 radical (unpaired) electrons. The summed E-state index contributed by atoms with van der Waals surface area (Å²) in [6, 6.07) is 14.6. The molecule has 0 spiro atoms. The quantitative estimate of drug-likeness (QED) is 0.421. The molecular formula is C23H22ClN3O3S. The summed E-state index contributed by atoms with van der Waals surface area (Å²) in [5.41, 5.74) is 2.77. The highest BCUT2D eigenvalue weighted by atomic mass is 35.5. The molecule has 2 aromatic heterocycles. The van der Waals surface area contributed by atoms with Crippen LogP contribution >= 0.6 is 23.8 Å². The van der Waals surface area contributed by atoms with E-state index >= 15 is 0 Å². The molecule has 31 heavy (non-hydrogen) atoms. The number of aryl methyl sites for hydroxylation is 1. The molecule has 0 aliphatic carbocycles. The van der Waals surface area contributed by atoms with Crippen LogP contribution in [0.1, 0.15) is 36.0 Å². The number of esters is 1. The van der Waals surface area contributed by atoms with Crippen molar-refractivity contribution in [3.63, 3.8) is 0 Å². The van der Waals surface area contributed by atoms with Crippen molar-refractivity contribution in [1.82, 2.24) is 15.2 Å². The van der Waals surface area contributed by atoms with Gasteiger partial charge in [0.05, 0.1) is 18.3 Å². The number of nitrogens with zero attached hydrogens (tertiary/aromatic N) is 2. The second-order valence-corrected chi connectivity index (χ2v) is 8.04. The normalized spacial score (nSPS) is 18.2. The number of nitrogens with one attached hydrogen (secondary N) is 1. The lowest BCUT2D eigenvalue weighted by atomic mass is 10.0. The number of benzene rings is 1. The van der Waals surface area contributed by atoms with E-state index in [2.05, 4.69) is 10.3 Å². The van der Waals surface area contributed by atoms with Crippen LogP contribution in [0.2, 0.25) is 5.02 Å². The van der Waals surface area contributed by atoms with E-state index in [0.29, 0.717) is 28.3 Å². The largest absolute Gasteiger partial charge is 0.465 e. The molecule has 3 heterocycles. The molecule has 1 aliphatic heterocycles. The number of aromatic nitrogens is 1. The lowest BCUT2D eigenvalue weighted by molar-refractivity contribution is -0.143. The fraction of sp³-hybridized carbons (Fsp3) is 0.261. The first kappa shape index (κ1) is 21.3. The number of hydrogen-bond donors (Lipinski definition) is 1. The molecule has 3 aromatic rings. The van der Waals surface area contributed by atoms with Crippen LogP contribution in [-0.4, -0.2) is 34.1 Å². The van der Waals surface area contributed by atoms with Crippen molar-refractivity contribution in [3.8, 4) is 11.3 Å². The number of ether oxygens (including phenoxy) is 1. The summed E-state index contributed by atoms with van der Waals surface area (Å²) >= 11 is 11.8. The number of furan rings is 1. The molecule has 1 fully saturated rings. The van der Waals surface area contributed by atoms with E-state index in [-0.39, 0.29) is 24.6 Å². The third-order valence-electron chi connectivity index (χ3n) is 5.19. The van der Waals surface area contributed by atoms with E-state index in [4.69, 9.17) is 33.0 Å². The minimum atomic E-state index is -0.361. The fourth-order valence-corrected chi connectivity index (χ4v) is 4.22. The highest BCUT2D eigenvalue weighted by molar-refractivity contribution is 7.80. The number of pyridine rings is 1. The summed E-state index contributed by atoms with van der Waals surface area (Å²) in [4.78, 5) is 18.5. The minimum absolute atomic E-state index is 0.0138. The van der Waals surface area contributed by atoms with E-state index in [9.17, 15) is 4.79 Å². The number of halogens is 1. The van der Waals surface area contributed by atoms with Crippen LogP contribution in [0, 0.1) is 6.92 Å². The average Bonchev–Trinajstić information content (AvgIpc) is 3.36. The van der Waals surface area contributed by atoms with Gasteiger partial charge in [-0.3, -0.25) is 9.78 Å². The second-order valence-electron chi connectivity index (χ2n) is 7.22. The smallest absolute Gasteiger partial charge is 0.325 e. The molecule has 0 amide bonds. The van der Waals surface area contributed by atoms with Crippen LogP contribution in [0.3, 0.4) is 0 Å². The van der Waals surface area contributed by atoms with Gasteiger partial charge in [0.2, 0.25) is 0 Å². The fourth-order valence-electron chi connectivity index (χ4n) is 3.75. The minimum Gasteiger partial charge on any atom is -0.465 e. The predicted octanol–water partition coefficient (Wildman–Crippen LogP) is 4.84. The lowest BCUT2D eigenvalue weighted by Gasteiger charge is -2.25. The van der Waals surface area contributed by atoms with E-state index in [0.717, 1.165) is 16.8 Å². The summed E-state index contributed by atoms with van der Waals surface area (Å²) in [6.07, 6.45) is 1.73. The molecule has 0 saturated carbocycles. The summed E-state index contributed by atoms with van der Waals surface area (Å²) in [5.74, 6) is 1.01. The van der Waals surface area contributed by atoms with E-state index in [1.165, 1.54) is 0 Å². The van der Waals surface area contributed by atoms with Crippen LogP contribution in [-0.2, 0) is 9.53 Å². The Morgan fingerprint density at radius 2 is 2.13 bits per heavy atom. The Balaban J connectivity index is 1.73. The Kier molecular flexibility index (Phi) is 6.25. The second kappa shape index (κ2) is 9.08. The number of carbonyl (C=O) groups is 1. The molecule has 1 saturated heterocycles. The maximum Gasteiger partial charge on any atom is 0.325 e. The average molecular weight is 456 g/mol. The Hall–Kier alpha value is -2.90. The van der Waals surface area contributed by atoms with Crippen molar-refractivity contribution in [3.05, 3.63) is 76.8 Å². The highest BCUT2D eigenvalue weighted by Gasteiger charge is 2.42. The highest BCUT2D eigenvalue weighted by Crippen LogP contribution is 2.40. The van der Waals surface area contributed by atoms with Crippen LogP contribution in [0.4, 0.5) is 0 Å². The molecule has 160 valence electrons. The molecule has 1 aromatic carbocycles. The van der Waals surface area contributed by atoms with Gasteiger partial charge in [-0.25, -0.2) is 0 Å². The molecule has 1 aliphatic rings. The Bertz CT molecular complexity index is 1100. The summed E-state index contributed by atoms with van der Waals surface area (Å²) in [5, 5.41) is 4.38. The molecule has 8 heteroatoms. The maximum absolute atomic E-state index is 12.3. The molecular weight excluding hydrogens is 434 g/mol. The van der Waals surface area contributed by atoms with E-state index < -0.39 is 0 Å². The molecule has 1 N–H and O–H groups in total. The summed E-state index contributed by atoms with van der Waals surface area (Å²) in [7, 11) is 0. The van der Waals surface area contributed by atoms with Crippen LogP contribution in [0.25, 0.3) is 11.3 Å². The Labute approximate surface area is 191 Å². The standard InChI is InChI=1S/C23H22ClN3O3S/c1-3-29-20(28)13-27-22(21(26-23(27)31)17-6-4-5-11-25-17)19-10-9-18(30-19)16-12-15(24)8-7-14(16)2/h4-12,21-22H,3,13H2,1-2H3,(H,26,31)/t21-,22+/m1/s1. The number of rotatable bonds is 6. The van der Waals surface area contributed by atoms with Gasteiger partial charge in [0.1, 0.15) is 24.1 Å². The Morgan fingerprint density at radius 1 is 1.29 bits per heavy atom. The van der Waals surface area contributed by atoms with Crippen molar-refractivity contribution in [1.29, 1.82) is 0 Å². The number of carbonyl (C=O) groups excluding carboxylic acids is 1. The monoisotopic (exact) mass is 455 g/mol. The van der Waals surface area contributed by atoms with Gasteiger partial charge in [0, 0.05) is 16.8 Å². The van der Waals surface area contributed by atoms with Crippen LogP contribution in [0.5, 0.6) is 0 Å². The lowest BCUT2D eigenvalue weighted by Crippen LogP contribution is -2.35. The zero-order valence-corrected chi connectivity index (χ0v) is 18.7. The van der Waals surface area contributed by atoms with Gasteiger partial charge >= 0.3 is 5.97 Å². The maximum atomic E-state index is 12.3.